The van der Waals surface area contributed by atoms with Gasteiger partial charge in [0.25, 0.3) is 0 Å². The molecule has 3 rings (SSSR count). The third-order valence-electron chi connectivity index (χ3n) is 2.21. The molecule has 0 radical (unpaired) electrons. The molecule has 1 N–H and O–H groups in total. The summed E-state index contributed by atoms with van der Waals surface area (Å²) in [4.78, 5) is 6.79. The van der Waals surface area contributed by atoms with Gasteiger partial charge in [0.1, 0.15) is 17.2 Å². The van der Waals surface area contributed by atoms with Crippen LogP contribution in [-0.2, 0) is 0 Å². The van der Waals surface area contributed by atoms with E-state index in [0.29, 0.717) is 16.9 Å². The standard InChI is InChI=1S/C10H6F2N4/c11-6-1-7(12)3-8(2-6)16-4-9-10(15-16)14-5-13-9/h1-5H,(H,13,14,15). The molecule has 4 nitrogen and oxygen atoms in total. The Balaban J connectivity index is 2.18. The SMILES string of the molecule is Fc1cc(F)cc(-n2cc3[nH]cnc3n2)c1. The van der Waals surface area contributed by atoms with Gasteiger partial charge in [-0.25, -0.2) is 18.4 Å². The van der Waals surface area contributed by atoms with Crippen molar-refractivity contribution in [2.45, 2.75) is 0 Å². The maximum Gasteiger partial charge on any atom is 0.199 e. The van der Waals surface area contributed by atoms with Gasteiger partial charge >= 0.3 is 0 Å². The number of nitrogens with one attached hydrogen (secondary N) is 1. The first-order valence-corrected chi connectivity index (χ1v) is 4.57. The molecule has 80 valence electrons. The van der Waals surface area contributed by atoms with Crippen LogP contribution in [0, 0.1) is 11.6 Å². The summed E-state index contributed by atoms with van der Waals surface area (Å²) in [5.74, 6) is -1.27. The zero-order valence-electron chi connectivity index (χ0n) is 7.98. The van der Waals surface area contributed by atoms with Gasteiger partial charge in [0.15, 0.2) is 5.65 Å². The number of halogens is 2. The highest BCUT2D eigenvalue weighted by atomic mass is 19.1. The highest BCUT2D eigenvalue weighted by Crippen LogP contribution is 2.14. The number of hydrogen-bond donors (Lipinski definition) is 1. The van der Waals surface area contributed by atoms with Crippen molar-refractivity contribution < 1.29 is 8.78 Å². The van der Waals surface area contributed by atoms with Gasteiger partial charge in [-0.15, -0.1) is 5.10 Å². The Labute approximate surface area is 88.5 Å². The predicted octanol–water partition coefficient (Wildman–Crippen LogP) is 2.03. The van der Waals surface area contributed by atoms with Crippen molar-refractivity contribution >= 4 is 11.2 Å². The molecule has 0 unspecified atom stereocenters. The Kier molecular flexibility index (Phi) is 1.76. The average Bonchev–Trinajstić information content (AvgIpc) is 2.74. The van der Waals surface area contributed by atoms with Crippen molar-refractivity contribution in [3.63, 3.8) is 0 Å². The summed E-state index contributed by atoms with van der Waals surface area (Å²) in [6, 6.07) is 3.22. The molecule has 0 atom stereocenters. The monoisotopic (exact) mass is 220 g/mol. The van der Waals surface area contributed by atoms with E-state index in [4.69, 9.17) is 0 Å². The van der Waals surface area contributed by atoms with Gasteiger partial charge < -0.3 is 4.98 Å². The molecule has 0 saturated heterocycles. The summed E-state index contributed by atoms with van der Waals surface area (Å²) in [7, 11) is 0. The van der Waals surface area contributed by atoms with Gasteiger partial charge in [0.2, 0.25) is 0 Å². The minimum atomic E-state index is -0.637. The smallest absolute Gasteiger partial charge is 0.199 e. The van der Waals surface area contributed by atoms with Crippen molar-refractivity contribution in [2.75, 3.05) is 0 Å². The minimum Gasteiger partial charge on any atom is -0.342 e. The molecule has 0 aliphatic rings. The second-order valence-electron chi connectivity index (χ2n) is 3.34. The molecule has 0 amide bonds. The van der Waals surface area contributed by atoms with E-state index in [1.807, 2.05) is 0 Å². The first kappa shape index (κ1) is 9.02. The Morgan fingerprint density at radius 1 is 1.12 bits per heavy atom. The second kappa shape index (κ2) is 3.13. The molecular weight excluding hydrogens is 214 g/mol. The summed E-state index contributed by atoms with van der Waals surface area (Å²) in [6.07, 6.45) is 3.13. The lowest BCUT2D eigenvalue weighted by atomic mass is 10.3. The zero-order valence-corrected chi connectivity index (χ0v) is 7.98. The van der Waals surface area contributed by atoms with E-state index in [2.05, 4.69) is 15.1 Å². The topological polar surface area (TPSA) is 46.5 Å². The Hall–Kier alpha value is -2.24. The first-order chi connectivity index (χ1) is 7.72. The van der Waals surface area contributed by atoms with E-state index in [1.165, 1.54) is 23.1 Å². The Morgan fingerprint density at radius 3 is 2.56 bits per heavy atom. The lowest BCUT2D eigenvalue weighted by molar-refractivity contribution is 0.580. The average molecular weight is 220 g/mol. The zero-order chi connectivity index (χ0) is 11.1. The lowest BCUT2D eigenvalue weighted by Crippen LogP contribution is -1.96. The predicted molar refractivity (Wildman–Crippen MR) is 53.1 cm³/mol. The molecule has 0 spiro atoms. The third-order valence-corrected chi connectivity index (χ3v) is 2.21. The van der Waals surface area contributed by atoms with Gasteiger partial charge in [-0.2, -0.15) is 0 Å². The molecule has 0 aliphatic carbocycles. The molecule has 6 heteroatoms. The molecule has 16 heavy (non-hydrogen) atoms. The highest BCUT2D eigenvalue weighted by molar-refractivity contribution is 5.69. The van der Waals surface area contributed by atoms with E-state index in [-0.39, 0.29) is 0 Å². The Morgan fingerprint density at radius 2 is 1.88 bits per heavy atom. The molecule has 0 aliphatic heterocycles. The summed E-state index contributed by atoms with van der Waals surface area (Å²) in [5, 5.41) is 4.07. The van der Waals surface area contributed by atoms with Crippen molar-refractivity contribution in [2.24, 2.45) is 0 Å². The number of imidazole rings is 1. The molecule has 0 bridgehead atoms. The molecule has 0 saturated carbocycles. The van der Waals surface area contributed by atoms with Crippen LogP contribution in [0.5, 0.6) is 0 Å². The fourth-order valence-corrected chi connectivity index (χ4v) is 1.53. The Bertz CT molecular complexity index is 607. The third kappa shape index (κ3) is 1.35. The van der Waals surface area contributed by atoms with Gasteiger partial charge in [0, 0.05) is 6.07 Å². The number of hydrogen-bond acceptors (Lipinski definition) is 2. The first-order valence-electron chi connectivity index (χ1n) is 4.57. The number of benzene rings is 1. The van der Waals surface area contributed by atoms with Crippen molar-refractivity contribution in [1.29, 1.82) is 0 Å². The summed E-state index contributed by atoms with van der Waals surface area (Å²) < 4.78 is 27.4. The highest BCUT2D eigenvalue weighted by Gasteiger charge is 2.06. The molecule has 3 aromatic rings. The molecule has 1 aromatic carbocycles. The van der Waals surface area contributed by atoms with Gasteiger partial charge in [0.05, 0.1) is 18.2 Å². The summed E-state index contributed by atoms with van der Waals surface area (Å²) >= 11 is 0. The van der Waals surface area contributed by atoms with Gasteiger partial charge in [-0.3, -0.25) is 0 Å². The number of rotatable bonds is 1. The van der Waals surface area contributed by atoms with Crippen molar-refractivity contribution in [3.05, 3.63) is 42.4 Å². The van der Waals surface area contributed by atoms with Crippen LogP contribution in [0.15, 0.2) is 30.7 Å². The van der Waals surface area contributed by atoms with Crippen LogP contribution < -0.4 is 0 Å². The minimum absolute atomic E-state index is 0.323. The molecule has 0 fully saturated rings. The van der Waals surface area contributed by atoms with Crippen LogP contribution in [0.4, 0.5) is 8.78 Å². The van der Waals surface area contributed by atoms with E-state index >= 15 is 0 Å². The van der Waals surface area contributed by atoms with Gasteiger partial charge in [-0.05, 0) is 12.1 Å². The van der Waals surface area contributed by atoms with E-state index in [0.717, 1.165) is 6.07 Å². The van der Waals surface area contributed by atoms with Crippen LogP contribution in [0.1, 0.15) is 0 Å². The largest absolute Gasteiger partial charge is 0.342 e. The van der Waals surface area contributed by atoms with Crippen LogP contribution in [0.2, 0.25) is 0 Å². The van der Waals surface area contributed by atoms with E-state index < -0.39 is 11.6 Å². The van der Waals surface area contributed by atoms with Gasteiger partial charge in [-0.1, -0.05) is 0 Å². The van der Waals surface area contributed by atoms with E-state index in [1.54, 1.807) is 6.20 Å². The van der Waals surface area contributed by atoms with Crippen molar-refractivity contribution in [1.82, 2.24) is 19.7 Å². The van der Waals surface area contributed by atoms with Crippen LogP contribution in [0.3, 0.4) is 0 Å². The van der Waals surface area contributed by atoms with Crippen molar-refractivity contribution in [3.8, 4) is 5.69 Å². The molecule has 2 heterocycles. The van der Waals surface area contributed by atoms with Crippen LogP contribution in [-0.4, -0.2) is 19.7 Å². The molecule has 2 aromatic heterocycles. The number of fused-ring (bicyclic) bond motifs is 1. The summed E-state index contributed by atoms with van der Waals surface area (Å²) in [5.41, 5.74) is 1.54. The number of aromatic amines is 1. The number of aromatic nitrogens is 4. The maximum atomic E-state index is 13.0. The van der Waals surface area contributed by atoms with Crippen LogP contribution in [0.25, 0.3) is 16.9 Å². The molecular formula is C10H6F2N4. The normalized spacial score (nSPS) is 11.1. The van der Waals surface area contributed by atoms with E-state index in [9.17, 15) is 8.78 Å². The summed E-state index contributed by atoms with van der Waals surface area (Å²) in [6.45, 7) is 0. The fourth-order valence-electron chi connectivity index (χ4n) is 1.53. The lowest BCUT2D eigenvalue weighted by Gasteiger charge is -2.00. The maximum absolute atomic E-state index is 13.0. The quantitative estimate of drug-likeness (QED) is 0.682. The fraction of sp³-hybridized carbons (Fsp3) is 0. The van der Waals surface area contributed by atoms with Crippen LogP contribution >= 0.6 is 0 Å². The number of nitrogens with zero attached hydrogens (tertiary/aromatic N) is 3. The second-order valence-corrected chi connectivity index (χ2v) is 3.34. The number of H-pyrrole nitrogens is 1.